The molecule has 1 aromatic carbocycles. The zero-order valence-electron chi connectivity index (χ0n) is 16.7. The molecule has 0 fully saturated rings. The second-order valence-corrected chi connectivity index (χ2v) is 3.93. The highest BCUT2D eigenvalue weighted by Gasteiger charge is 2.14. The fourth-order valence-electron chi connectivity index (χ4n) is 1.63. The van der Waals surface area contributed by atoms with E-state index < -0.39 is 0 Å². The number of Topliss-reactive ketones (excluding diaryl/α,β-unsaturated/α-hetero) is 1. The quantitative estimate of drug-likeness (QED) is 0.323. The summed E-state index contributed by atoms with van der Waals surface area (Å²) in [6.45, 7) is 21.5. The van der Waals surface area contributed by atoms with Crippen molar-refractivity contribution in [2.45, 2.75) is 62.3 Å². The van der Waals surface area contributed by atoms with Crippen LogP contribution in [0.1, 0.15) is 71.3 Å². The molecule has 1 nitrogen and oxygen atoms in total. The van der Waals surface area contributed by atoms with Gasteiger partial charge in [0.05, 0.1) is 0 Å². The molecule has 0 spiro atoms. The van der Waals surface area contributed by atoms with Crippen LogP contribution in [0.4, 0.5) is 0 Å². The Hall–Kier alpha value is -1.89. The van der Waals surface area contributed by atoms with E-state index in [0.29, 0.717) is 5.57 Å². The first-order valence-corrected chi connectivity index (χ1v) is 8.68. The van der Waals surface area contributed by atoms with E-state index in [9.17, 15) is 4.79 Å². The van der Waals surface area contributed by atoms with Crippen LogP contribution >= 0.6 is 0 Å². The first kappa shape index (κ1) is 26.0. The lowest BCUT2D eigenvalue weighted by Gasteiger charge is -2.08. The molecule has 0 radical (unpaired) electrons. The molecule has 0 aromatic heterocycles. The van der Waals surface area contributed by atoms with Gasteiger partial charge in [-0.1, -0.05) is 90.6 Å². The number of hydrogen-bond donors (Lipinski definition) is 0. The molecule has 0 unspecified atom stereocenters. The Morgan fingerprint density at radius 3 is 1.87 bits per heavy atom. The molecule has 0 atom stereocenters. The Bertz CT molecular complexity index is 490. The van der Waals surface area contributed by atoms with Crippen LogP contribution in [-0.4, -0.2) is 5.78 Å². The fourth-order valence-corrected chi connectivity index (χ4v) is 1.63. The van der Waals surface area contributed by atoms with Crippen LogP contribution in [0, 0.1) is 6.92 Å². The van der Waals surface area contributed by atoms with Gasteiger partial charge in [-0.15, -0.1) is 0 Å². The van der Waals surface area contributed by atoms with Crippen LogP contribution in [0.5, 0.6) is 0 Å². The van der Waals surface area contributed by atoms with E-state index in [2.05, 4.69) is 6.58 Å². The van der Waals surface area contributed by atoms with E-state index >= 15 is 0 Å². The number of carbonyl (C=O) groups excluding carboxylic acids is 1. The molecule has 1 aromatic rings. The third kappa shape index (κ3) is 9.67. The summed E-state index contributed by atoms with van der Waals surface area (Å²) in [4.78, 5) is 12.4. The largest absolute Gasteiger partial charge is 0.289 e. The highest BCUT2D eigenvalue weighted by atomic mass is 16.1. The first-order chi connectivity index (χ1) is 11.1. The van der Waals surface area contributed by atoms with Crippen molar-refractivity contribution >= 4 is 5.78 Å². The van der Waals surface area contributed by atoms with Crippen LogP contribution in [0.15, 0.2) is 60.2 Å². The predicted molar refractivity (Wildman–Crippen MR) is 107 cm³/mol. The molecule has 23 heavy (non-hydrogen) atoms. The van der Waals surface area contributed by atoms with Crippen LogP contribution in [-0.2, 0) is 0 Å². The average Bonchev–Trinajstić information content (AvgIpc) is 2.64. The monoisotopic (exact) mass is 316 g/mol. The van der Waals surface area contributed by atoms with Crippen LogP contribution in [0.2, 0.25) is 0 Å². The van der Waals surface area contributed by atoms with Gasteiger partial charge in [-0.05, 0) is 31.9 Å². The summed E-state index contributed by atoms with van der Waals surface area (Å²) in [6.07, 6.45) is 5.36. The molecular weight excluding hydrogens is 280 g/mol. The minimum absolute atomic E-state index is 0.0543. The molecule has 0 aliphatic rings. The van der Waals surface area contributed by atoms with Crippen molar-refractivity contribution in [3.05, 3.63) is 71.3 Å². The molecular formula is C22H36O. The lowest BCUT2D eigenvalue weighted by Crippen LogP contribution is -2.06. The highest BCUT2D eigenvalue weighted by Crippen LogP contribution is 2.18. The smallest absolute Gasteiger partial charge is 0.193 e. The second-order valence-electron chi connectivity index (χ2n) is 3.93. The molecule has 1 heteroatoms. The topological polar surface area (TPSA) is 17.1 Å². The van der Waals surface area contributed by atoms with E-state index in [-0.39, 0.29) is 5.78 Å². The highest BCUT2D eigenvalue weighted by molar-refractivity contribution is 6.12. The number of ketones is 1. The van der Waals surface area contributed by atoms with Crippen LogP contribution < -0.4 is 0 Å². The minimum Gasteiger partial charge on any atom is -0.289 e. The van der Waals surface area contributed by atoms with Crippen molar-refractivity contribution in [1.82, 2.24) is 0 Å². The van der Waals surface area contributed by atoms with Crippen LogP contribution in [0.3, 0.4) is 0 Å². The molecule has 0 amide bonds. The van der Waals surface area contributed by atoms with E-state index in [1.54, 1.807) is 12.2 Å². The fraction of sp³-hybridized carbons (Fsp3) is 0.409. The van der Waals surface area contributed by atoms with Gasteiger partial charge in [0, 0.05) is 11.1 Å². The summed E-state index contributed by atoms with van der Waals surface area (Å²) in [5.74, 6) is 0.0543. The summed E-state index contributed by atoms with van der Waals surface area (Å²) in [5, 5.41) is 0. The number of allylic oxidation sites excluding steroid dienone is 5. The number of benzene rings is 1. The van der Waals surface area contributed by atoms with Crippen LogP contribution in [0.25, 0.3) is 0 Å². The SMILES string of the molecule is C=C/C=C(C(=O)c1ccccc1C)\C(C)=C/C.CC.CC.CC. The molecule has 0 saturated heterocycles. The van der Waals surface area contributed by atoms with E-state index in [0.717, 1.165) is 16.7 Å². The van der Waals surface area contributed by atoms with Crippen molar-refractivity contribution in [2.75, 3.05) is 0 Å². The van der Waals surface area contributed by atoms with Crippen molar-refractivity contribution in [3.63, 3.8) is 0 Å². The van der Waals surface area contributed by atoms with Gasteiger partial charge in [-0.3, -0.25) is 4.79 Å². The molecule has 0 saturated carbocycles. The Balaban J connectivity index is -0.000000595. The van der Waals surface area contributed by atoms with Crippen molar-refractivity contribution in [3.8, 4) is 0 Å². The van der Waals surface area contributed by atoms with Gasteiger partial charge in [-0.2, -0.15) is 0 Å². The Kier molecular flexibility index (Phi) is 20.6. The van der Waals surface area contributed by atoms with Gasteiger partial charge in [-0.25, -0.2) is 0 Å². The lowest BCUT2D eigenvalue weighted by molar-refractivity contribution is 0.103. The van der Waals surface area contributed by atoms with Gasteiger partial charge in [0.15, 0.2) is 5.78 Å². The number of carbonyl (C=O) groups is 1. The predicted octanol–water partition coefficient (Wildman–Crippen LogP) is 7.33. The third-order valence-corrected chi connectivity index (χ3v) is 2.78. The Morgan fingerprint density at radius 1 is 1.00 bits per heavy atom. The number of rotatable bonds is 4. The average molecular weight is 317 g/mol. The van der Waals surface area contributed by atoms with E-state index in [1.807, 2.05) is 92.7 Å². The maximum Gasteiger partial charge on any atom is 0.193 e. The molecule has 0 aliphatic carbocycles. The summed E-state index contributed by atoms with van der Waals surface area (Å²) >= 11 is 0. The van der Waals surface area contributed by atoms with Crippen molar-refractivity contribution < 1.29 is 4.79 Å². The summed E-state index contributed by atoms with van der Waals surface area (Å²) < 4.78 is 0. The second kappa shape index (κ2) is 18.2. The molecule has 130 valence electrons. The summed E-state index contributed by atoms with van der Waals surface area (Å²) in [7, 11) is 0. The molecule has 0 bridgehead atoms. The number of hydrogen-bond acceptors (Lipinski definition) is 1. The van der Waals surface area contributed by atoms with Gasteiger partial charge >= 0.3 is 0 Å². The standard InChI is InChI=1S/C16H18O.3C2H6/c1-5-9-14(12(3)6-2)16(17)15-11-8-7-10-13(15)4;3*1-2/h5-11H,1H2,2-4H3;3*1-2H3/b12-6-,14-9+;;;. The van der Waals surface area contributed by atoms with E-state index in [1.165, 1.54) is 0 Å². The minimum atomic E-state index is 0.0543. The normalized spacial score (nSPS) is 9.96. The maximum atomic E-state index is 12.4. The van der Waals surface area contributed by atoms with Gasteiger partial charge in [0.25, 0.3) is 0 Å². The van der Waals surface area contributed by atoms with E-state index in [4.69, 9.17) is 0 Å². The molecule has 0 N–H and O–H groups in total. The van der Waals surface area contributed by atoms with Crippen molar-refractivity contribution in [1.29, 1.82) is 0 Å². The van der Waals surface area contributed by atoms with Gasteiger partial charge in [0.1, 0.15) is 0 Å². The molecule has 0 aliphatic heterocycles. The Labute approximate surface area is 144 Å². The first-order valence-electron chi connectivity index (χ1n) is 8.68. The zero-order chi connectivity index (χ0) is 18.8. The third-order valence-electron chi connectivity index (χ3n) is 2.78. The summed E-state index contributed by atoms with van der Waals surface area (Å²) in [6, 6.07) is 7.63. The lowest BCUT2D eigenvalue weighted by atomic mass is 9.94. The zero-order valence-corrected chi connectivity index (χ0v) is 16.7. The number of aryl methyl sites for hydroxylation is 1. The Morgan fingerprint density at radius 2 is 1.48 bits per heavy atom. The molecule has 0 heterocycles. The maximum absolute atomic E-state index is 12.4. The molecule has 1 rings (SSSR count). The van der Waals surface area contributed by atoms with Gasteiger partial charge in [0.2, 0.25) is 0 Å². The van der Waals surface area contributed by atoms with Crippen molar-refractivity contribution in [2.24, 2.45) is 0 Å². The summed E-state index contributed by atoms with van der Waals surface area (Å²) in [5.41, 5.74) is 3.42. The van der Waals surface area contributed by atoms with Gasteiger partial charge < -0.3 is 0 Å².